The fraction of sp³-hybridized carbons (Fsp3) is 0.643. The van der Waals surface area contributed by atoms with Gasteiger partial charge in [-0.1, -0.05) is 43.4 Å². The molecule has 5 N–H and O–H groups in total. The quantitative estimate of drug-likeness (QED) is 0.143. The Morgan fingerprint density at radius 3 is 2.34 bits per heavy atom. The Morgan fingerprint density at radius 2 is 1.66 bits per heavy atom. The van der Waals surface area contributed by atoms with Crippen LogP contribution in [0.15, 0.2) is 24.3 Å². The van der Waals surface area contributed by atoms with Gasteiger partial charge in [0.2, 0.25) is 0 Å². The number of hydrogen-bond acceptors (Lipinski definition) is 15. The number of aliphatic hydroxyl groups is 4. The summed E-state index contributed by atoms with van der Waals surface area (Å²) in [5.74, 6) is -1.28. The number of carbonyl (C=O) groups is 3. The van der Waals surface area contributed by atoms with E-state index in [-0.39, 0.29) is 25.7 Å². The first-order chi connectivity index (χ1) is 21.1. The van der Waals surface area contributed by atoms with Crippen LogP contribution in [0.3, 0.4) is 0 Å². The maximum atomic E-state index is 12.9. The molecule has 1 aromatic carbocycles. The summed E-state index contributed by atoms with van der Waals surface area (Å²) in [6, 6.07) is 7.36. The molecule has 3 aliphatic rings. The molecule has 1 aromatic rings. The standard InChI is InChI=1S/C28H41N5O10S/c1-2-30-7-8-31-15-20(32(10-9-30)17-23(36)43-33(11-12-34)42-22(35)16-31)13-18-3-5-19(6-4-18)27(44)29-14-21-24(37)25(38)26(39)28(40)41-21/h3-6,12,20-21,24-26,28,37-40H,2,7-11,13-17H2,1H3,(H,29,44)/t20?,21-,24-,25+,26-,28?/m1/s1. The minimum absolute atomic E-state index is 0.00690. The molecule has 244 valence electrons. The minimum Gasteiger partial charge on any atom is -0.388 e. The molecular formula is C28H41N5O10S. The number of likely N-dealkylation sites (N-methyl/N-ethyl adjacent to an activating group) is 1. The third-order valence-corrected chi connectivity index (χ3v) is 8.40. The summed E-state index contributed by atoms with van der Waals surface area (Å²) in [5.41, 5.74) is 1.66. The second-order valence-electron chi connectivity index (χ2n) is 11.1. The van der Waals surface area contributed by atoms with E-state index in [2.05, 4.69) is 17.1 Å². The van der Waals surface area contributed by atoms with Gasteiger partial charge in [-0.15, -0.1) is 0 Å². The van der Waals surface area contributed by atoms with Crippen LogP contribution in [0.25, 0.3) is 0 Å². The second kappa shape index (κ2) is 16.1. The molecule has 15 nitrogen and oxygen atoms in total. The predicted molar refractivity (Wildman–Crippen MR) is 158 cm³/mol. The van der Waals surface area contributed by atoms with Crippen LogP contribution in [0.2, 0.25) is 0 Å². The third kappa shape index (κ3) is 9.20. The SMILES string of the molecule is CCN1CCN2CC(=O)ON(CC=O)OC(=O)CN(CC1)C(Cc1ccc(C(=S)NC[C@H]3OC(O)[C@H](O)[C@@H](O)[C@@H]3O)cc1)C2. The van der Waals surface area contributed by atoms with Crippen molar-refractivity contribution < 1.29 is 49.2 Å². The van der Waals surface area contributed by atoms with Crippen molar-refractivity contribution in [2.24, 2.45) is 0 Å². The summed E-state index contributed by atoms with van der Waals surface area (Å²) in [5, 5.41) is 43.1. The van der Waals surface area contributed by atoms with Crippen molar-refractivity contribution >= 4 is 35.4 Å². The summed E-state index contributed by atoms with van der Waals surface area (Å²) in [4.78, 5) is 53.6. The number of ether oxygens (including phenoxy) is 1. The van der Waals surface area contributed by atoms with Crippen LogP contribution in [0.5, 0.6) is 0 Å². The average molecular weight is 640 g/mol. The molecule has 44 heavy (non-hydrogen) atoms. The van der Waals surface area contributed by atoms with E-state index in [1.54, 1.807) is 0 Å². The third-order valence-electron chi connectivity index (χ3n) is 8.02. The number of hydroxylamine groups is 2. The van der Waals surface area contributed by atoms with Crippen LogP contribution in [-0.2, 0) is 35.2 Å². The Hall–Kier alpha value is -2.64. The molecule has 0 aliphatic carbocycles. The number of nitrogens with zero attached hydrogens (tertiary/aromatic N) is 4. The van der Waals surface area contributed by atoms with Crippen LogP contribution >= 0.6 is 12.2 Å². The van der Waals surface area contributed by atoms with Gasteiger partial charge in [-0.25, -0.2) is 9.59 Å². The van der Waals surface area contributed by atoms with Gasteiger partial charge in [0.25, 0.3) is 0 Å². The number of nitrogens with one attached hydrogen (secondary N) is 1. The van der Waals surface area contributed by atoms with Crippen molar-refractivity contribution in [2.45, 2.75) is 50.1 Å². The molecule has 3 aliphatic heterocycles. The highest BCUT2D eigenvalue weighted by Crippen LogP contribution is 2.20. The zero-order chi connectivity index (χ0) is 31.8. The summed E-state index contributed by atoms with van der Waals surface area (Å²) in [7, 11) is 0. The number of hydrogen-bond donors (Lipinski definition) is 5. The van der Waals surface area contributed by atoms with Crippen LogP contribution in [0.1, 0.15) is 18.1 Å². The summed E-state index contributed by atoms with van der Waals surface area (Å²) >= 11 is 5.49. The molecule has 0 saturated carbocycles. The topological polar surface area (TPSA) is 185 Å². The van der Waals surface area contributed by atoms with Gasteiger partial charge in [-0.2, -0.15) is 0 Å². The van der Waals surface area contributed by atoms with E-state index in [4.69, 9.17) is 26.6 Å². The van der Waals surface area contributed by atoms with Gasteiger partial charge in [-0.05, 0) is 18.5 Å². The van der Waals surface area contributed by atoms with Crippen molar-refractivity contribution in [3.05, 3.63) is 35.4 Å². The van der Waals surface area contributed by atoms with Crippen molar-refractivity contribution in [3.8, 4) is 0 Å². The number of rotatable bonds is 8. The van der Waals surface area contributed by atoms with Crippen molar-refractivity contribution in [1.29, 1.82) is 0 Å². The molecule has 2 bridgehead atoms. The van der Waals surface area contributed by atoms with Crippen LogP contribution in [0, 0.1) is 0 Å². The molecule has 0 spiro atoms. The first-order valence-corrected chi connectivity index (χ1v) is 15.0. The van der Waals surface area contributed by atoms with E-state index in [0.717, 1.165) is 25.2 Å². The highest BCUT2D eigenvalue weighted by atomic mass is 32.1. The molecule has 4 rings (SSSR count). The van der Waals surface area contributed by atoms with Gasteiger partial charge in [0.05, 0.1) is 13.1 Å². The molecule has 0 aromatic heterocycles. The summed E-state index contributed by atoms with van der Waals surface area (Å²) in [6.07, 6.45) is -6.16. The van der Waals surface area contributed by atoms with E-state index >= 15 is 0 Å². The second-order valence-corrected chi connectivity index (χ2v) is 11.5. The lowest BCUT2D eigenvalue weighted by molar-refractivity contribution is -0.319. The molecule has 3 heterocycles. The lowest BCUT2D eigenvalue weighted by Crippen LogP contribution is -2.59. The maximum Gasteiger partial charge on any atom is 0.343 e. The molecule has 0 radical (unpaired) electrons. The van der Waals surface area contributed by atoms with E-state index in [1.807, 2.05) is 34.1 Å². The summed E-state index contributed by atoms with van der Waals surface area (Å²) < 4.78 is 5.19. The first-order valence-electron chi connectivity index (χ1n) is 14.6. The Kier molecular flexibility index (Phi) is 12.5. The van der Waals surface area contributed by atoms with Gasteiger partial charge in [0.1, 0.15) is 42.2 Å². The van der Waals surface area contributed by atoms with Gasteiger partial charge in [-0.3, -0.25) is 9.80 Å². The highest BCUT2D eigenvalue weighted by molar-refractivity contribution is 7.80. The van der Waals surface area contributed by atoms with E-state index in [9.17, 15) is 34.8 Å². The predicted octanol–water partition coefficient (Wildman–Crippen LogP) is -2.97. The largest absolute Gasteiger partial charge is 0.388 e. The normalized spacial score (nSPS) is 32.8. The Morgan fingerprint density at radius 1 is 0.977 bits per heavy atom. The van der Waals surface area contributed by atoms with E-state index < -0.39 is 49.2 Å². The van der Waals surface area contributed by atoms with Crippen molar-refractivity contribution in [1.82, 2.24) is 25.2 Å². The molecule has 16 heteroatoms. The van der Waals surface area contributed by atoms with Crippen LogP contribution < -0.4 is 5.32 Å². The number of thiocarbonyl (C=S) groups is 1. The Labute approximate surface area is 260 Å². The monoisotopic (exact) mass is 639 g/mol. The average Bonchev–Trinajstić information content (AvgIpc) is 3.05. The zero-order valence-electron chi connectivity index (χ0n) is 24.6. The van der Waals surface area contributed by atoms with E-state index in [0.29, 0.717) is 48.1 Å². The fourth-order valence-corrected chi connectivity index (χ4v) is 5.68. The smallest absolute Gasteiger partial charge is 0.343 e. The molecular weight excluding hydrogens is 598 g/mol. The van der Waals surface area contributed by atoms with Crippen LogP contribution in [0.4, 0.5) is 0 Å². The number of benzene rings is 1. The fourth-order valence-electron chi connectivity index (χ4n) is 5.46. The zero-order valence-corrected chi connectivity index (χ0v) is 25.4. The molecule has 4 unspecified atom stereocenters. The number of aldehydes is 1. The van der Waals surface area contributed by atoms with Gasteiger partial charge in [0, 0.05) is 56.1 Å². The van der Waals surface area contributed by atoms with Crippen molar-refractivity contribution in [2.75, 3.05) is 65.4 Å². The number of fused-ring (bicyclic) bond motifs is 3. The van der Waals surface area contributed by atoms with Gasteiger partial charge in [0.15, 0.2) is 6.29 Å². The number of carbonyl (C=O) groups excluding carboxylic acids is 3. The van der Waals surface area contributed by atoms with E-state index in [1.165, 1.54) is 0 Å². The highest BCUT2D eigenvalue weighted by Gasteiger charge is 2.42. The Balaban J connectivity index is 1.46. The summed E-state index contributed by atoms with van der Waals surface area (Å²) in [6.45, 7) is 5.54. The molecule has 3 saturated heterocycles. The lowest BCUT2D eigenvalue weighted by atomic mass is 9.99. The Bertz CT molecular complexity index is 1150. The minimum atomic E-state index is -1.63. The maximum absolute atomic E-state index is 12.9. The van der Waals surface area contributed by atoms with Crippen molar-refractivity contribution in [3.63, 3.8) is 0 Å². The number of aliphatic hydroxyl groups excluding tert-OH is 4. The first kappa shape index (κ1) is 34.2. The lowest BCUT2D eigenvalue weighted by Gasteiger charge is -2.38. The van der Waals surface area contributed by atoms with Gasteiger partial charge < -0.3 is 49.8 Å². The molecule has 3 fully saturated rings. The van der Waals surface area contributed by atoms with Gasteiger partial charge >= 0.3 is 11.9 Å². The molecule has 0 amide bonds. The molecule has 8 atom stereocenters. The van der Waals surface area contributed by atoms with Crippen LogP contribution in [-0.4, -0.2) is 166 Å².